The monoisotopic (exact) mass is 659 g/mol. The van der Waals surface area contributed by atoms with Gasteiger partial charge in [0.15, 0.2) is 0 Å². The summed E-state index contributed by atoms with van der Waals surface area (Å²) >= 11 is 0. The van der Waals surface area contributed by atoms with Crippen molar-refractivity contribution in [3.05, 3.63) is 102 Å². The molecule has 0 saturated heterocycles. The molecule has 0 radical (unpaired) electrons. The largest absolute Gasteiger partial charge is 0.442 e. The summed E-state index contributed by atoms with van der Waals surface area (Å²) in [6.45, 7) is 0.330. The predicted molar refractivity (Wildman–Crippen MR) is 171 cm³/mol. The van der Waals surface area contributed by atoms with Gasteiger partial charge in [0.2, 0.25) is 15.9 Å². The zero-order chi connectivity index (χ0) is 32.6. The van der Waals surface area contributed by atoms with Crippen LogP contribution in [0.5, 0.6) is 5.75 Å². The second-order valence-corrected chi connectivity index (χ2v) is 14.1. The SMILES string of the molecule is CN(C)c1cccc2c(S(=O)(=O)N[C@@H](Cc3ccc(OP(=O)(O)C(F)F)cc3)C(=O)NCCCCc3ccccc3)cccc12. The number of rotatable bonds is 15. The smallest absolute Gasteiger partial charge is 0.421 e. The topological polar surface area (TPSA) is 125 Å². The van der Waals surface area contributed by atoms with E-state index in [2.05, 4.69) is 14.6 Å². The van der Waals surface area contributed by atoms with E-state index in [1.54, 1.807) is 18.2 Å². The molecule has 240 valence electrons. The summed E-state index contributed by atoms with van der Waals surface area (Å²) in [5.74, 6) is -0.803. The van der Waals surface area contributed by atoms with Crippen molar-refractivity contribution in [3.8, 4) is 5.75 Å². The predicted octanol–water partition coefficient (Wildman–Crippen LogP) is 5.72. The lowest BCUT2D eigenvalue weighted by Gasteiger charge is -2.21. The number of hydrogen-bond acceptors (Lipinski definition) is 6. The maximum absolute atomic E-state index is 13.8. The van der Waals surface area contributed by atoms with Gasteiger partial charge in [-0.1, -0.05) is 66.7 Å². The number of amides is 1. The number of carbonyl (C=O) groups is 1. The van der Waals surface area contributed by atoms with E-state index in [0.717, 1.165) is 23.9 Å². The number of aryl methyl sites for hydroxylation is 1. The number of carbonyl (C=O) groups excluding carboxylic acids is 1. The maximum atomic E-state index is 13.8. The summed E-state index contributed by atoms with van der Waals surface area (Å²) in [6, 6.07) is 24.2. The number of nitrogens with one attached hydrogen (secondary N) is 2. The minimum atomic E-state index is -5.17. The highest BCUT2D eigenvalue weighted by Gasteiger charge is 2.34. The molecule has 45 heavy (non-hydrogen) atoms. The number of nitrogens with zero attached hydrogens (tertiary/aromatic N) is 1. The molecule has 0 fully saturated rings. The van der Waals surface area contributed by atoms with Gasteiger partial charge in [0.25, 0.3) is 0 Å². The van der Waals surface area contributed by atoms with Gasteiger partial charge >= 0.3 is 13.8 Å². The van der Waals surface area contributed by atoms with Gasteiger partial charge in [-0.3, -0.25) is 4.79 Å². The van der Waals surface area contributed by atoms with Crippen LogP contribution in [0.25, 0.3) is 10.8 Å². The van der Waals surface area contributed by atoms with Gasteiger partial charge in [0.1, 0.15) is 11.8 Å². The molecule has 0 bridgehead atoms. The molecule has 3 N–H and O–H groups in total. The number of alkyl halides is 2. The highest BCUT2D eigenvalue weighted by Crippen LogP contribution is 2.48. The molecule has 4 aromatic rings. The average Bonchev–Trinajstić information content (AvgIpc) is 3.01. The van der Waals surface area contributed by atoms with E-state index in [0.29, 0.717) is 23.9 Å². The third-order valence-corrected chi connectivity index (χ3v) is 9.62. The zero-order valence-corrected chi connectivity index (χ0v) is 26.6. The first-order valence-electron chi connectivity index (χ1n) is 14.3. The van der Waals surface area contributed by atoms with Crippen LogP contribution in [0.15, 0.2) is 95.9 Å². The van der Waals surface area contributed by atoms with Crippen LogP contribution in [0.1, 0.15) is 24.0 Å². The highest BCUT2D eigenvalue weighted by atomic mass is 32.2. The molecule has 2 atom stereocenters. The number of fused-ring (bicyclic) bond motifs is 1. The minimum Gasteiger partial charge on any atom is -0.421 e. The number of anilines is 1. The van der Waals surface area contributed by atoms with Crippen molar-refractivity contribution in [2.24, 2.45) is 0 Å². The fourth-order valence-electron chi connectivity index (χ4n) is 4.87. The lowest BCUT2D eigenvalue weighted by Crippen LogP contribution is -2.48. The summed E-state index contributed by atoms with van der Waals surface area (Å²) in [5.41, 5.74) is 2.48. The third kappa shape index (κ3) is 9.11. The summed E-state index contributed by atoms with van der Waals surface area (Å²) in [6.07, 6.45) is -1.33. The summed E-state index contributed by atoms with van der Waals surface area (Å²) in [7, 11) is -5.66. The molecular formula is C32H36F2N3O6PS. The van der Waals surface area contributed by atoms with Crippen LogP contribution in [0.4, 0.5) is 14.5 Å². The van der Waals surface area contributed by atoms with Gasteiger partial charge in [0.05, 0.1) is 4.90 Å². The molecule has 13 heteroatoms. The Balaban J connectivity index is 1.54. The van der Waals surface area contributed by atoms with Crippen LogP contribution in [-0.2, 0) is 32.2 Å². The molecular weight excluding hydrogens is 623 g/mol. The molecule has 1 unspecified atom stereocenters. The second kappa shape index (κ2) is 15.0. The van der Waals surface area contributed by atoms with Crippen molar-refractivity contribution < 1.29 is 36.0 Å². The van der Waals surface area contributed by atoms with E-state index in [-0.39, 0.29) is 17.1 Å². The maximum Gasteiger partial charge on any atom is 0.442 e. The van der Waals surface area contributed by atoms with E-state index in [1.165, 1.54) is 35.9 Å². The molecule has 0 heterocycles. The minimum absolute atomic E-state index is 0.0128. The zero-order valence-electron chi connectivity index (χ0n) is 24.9. The number of benzene rings is 4. The van der Waals surface area contributed by atoms with Gasteiger partial charge in [-0.05, 0) is 61.1 Å². The molecule has 0 aliphatic carbocycles. The molecule has 9 nitrogen and oxygen atoms in total. The van der Waals surface area contributed by atoms with Crippen LogP contribution < -0.4 is 19.5 Å². The van der Waals surface area contributed by atoms with Crippen molar-refractivity contribution in [3.63, 3.8) is 0 Å². The van der Waals surface area contributed by atoms with E-state index in [1.807, 2.05) is 61.5 Å². The lowest BCUT2D eigenvalue weighted by molar-refractivity contribution is -0.122. The van der Waals surface area contributed by atoms with Gasteiger partial charge < -0.3 is 19.6 Å². The normalized spacial score (nSPS) is 13.7. The lowest BCUT2D eigenvalue weighted by atomic mass is 10.1. The molecule has 4 aromatic carbocycles. The van der Waals surface area contributed by atoms with Crippen LogP contribution in [0.3, 0.4) is 0 Å². The summed E-state index contributed by atoms with van der Waals surface area (Å²) < 4.78 is 71.8. The van der Waals surface area contributed by atoms with E-state index < -0.39 is 35.7 Å². The molecule has 0 aliphatic rings. The molecule has 0 aliphatic heterocycles. The average molecular weight is 660 g/mol. The first-order chi connectivity index (χ1) is 21.4. The summed E-state index contributed by atoms with van der Waals surface area (Å²) in [4.78, 5) is 24.6. The quantitative estimate of drug-likeness (QED) is 0.110. The molecule has 0 aromatic heterocycles. The van der Waals surface area contributed by atoms with Crippen LogP contribution in [0.2, 0.25) is 0 Å². The third-order valence-electron chi connectivity index (χ3n) is 7.12. The van der Waals surface area contributed by atoms with Crippen LogP contribution >= 0.6 is 7.60 Å². The van der Waals surface area contributed by atoms with Gasteiger partial charge in [-0.15, -0.1) is 0 Å². The second-order valence-electron chi connectivity index (χ2n) is 10.7. The van der Waals surface area contributed by atoms with Crippen LogP contribution in [0, 0.1) is 0 Å². The van der Waals surface area contributed by atoms with Crippen molar-refractivity contribution in [2.75, 3.05) is 25.5 Å². The standard InChI is InChI=1S/C32H36F2N3O6PS/c1-37(2)29-15-8-14-27-26(29)13-9-16-30(27)45(41,42)36-28(31(38)35-21-7-6-12-23-10-4-3-5-11-23)22-24-17-19-25(20-18-24)43-44(39,40)32(33)34/h3-5,8-11,13-20,28,32,36H,6-7,12,21-22H2,1-2H3,(H,35,38)(H,39,40)/t28-/m0/s1. The Labute approximate surface area is 261 Å². The molecule has 0 saturated carbocycles. The Kier molecular flexibility index (Phi) is 11.3. The Morgan fingerprint density at radius 2 is 1.56 bits per heavy atom. The van der Waals surface area contributed by atoms with Crippen LogP contribution in [-0.4, -0.2) is 52.1 Å². The summed E-state index contributed by atoms with van der Waals surface area (Å²) in [5, 5.41) is 4.05. The number of sulfonamides is 1. The van der Waals surface area contributed by atoms with Crippen molar-refractivity contribution in [1.82, 2.24) is 10.0 Å². The van der Waals surface area contributed by atoms with Crippen molar-refractivity contribution in [2.45, 2.75) is 42.8 Å². The number of hydrogen-bond donors (Lipinski definition) is 3. The van der Waals surface area contributed by atoms with Crippen molar-refractivity contribution >= 4 is 40.0 Å². The Hall–Kier alpha value is -3.83. The first-order valence-corrected chi connectivity index (χ1v) is 17.4. The van der Waals surface area contributed by atoms with Crippen molar-refractivity contribution in [1.29, 1.82) is 0 Å². The van der Waals surface area contributed by atoms with Gasteiger partial charge in [-0.25, -0.2) is 13.0 Å². The van der Waals surface area contributed by atoms with E-state index in [9.17, 15) is 31.5 Å². The molecule has 4 rings (SSSR count). The Morgan fingerprint density at radius 1 is 0.889 bits per heavy atom. The van der Waals surface area contributed by atoms with E-state index in [4.69, 9.17) is 0 Å². The number of unbranched alkanes of at least 4 members (excludes halogenated alkanes) is 1. The molecule has 1 amide bonds. The van der Waals surface area contributed by atoms with E-state index >= 15 is 0 Å². The Bertz CT molecular complexity index is 1760. The molecule has 0 spiro atoms. The van der Waals surface area contributed by atoms with Gasteiger partial charge in [0, 0.05) is 37.1 Å². The highest BCUT2D eigenvalue weighted by molar-refractivity contribution is 7.89. The number of halogens is 2. The fraction of sp³-hybridized carbons (Fsp3) is 0.281. The van der Waals surface area contributed by atoms with Gasteiger partial charge in [-0.2, -0.15) is 13.5 Å². The fourth-order valence-corrected chi connectivity index (χ4v) is 6.79. The first kappa shape index (κ1) is 34.1. The Morgan fingerprint density at radius 3 is 2.22 bits per heavy atom.